The monoisotopic (exact) mass is 305 g/mol. The van der Waals surface area contributed by atoms with Crippen LogP contribution < -0.4 is 0 Å². The molecule has 0 spiro atoms. The van der Waals surface area contributed by atoms with Gasteiger partial charge in [-0.05, 0) is 6.42 Å². The number of aromatic carboxylic acids is 1. The maximum Gasteiger partial charge on any atom is 0.340 e. The van der Waals surface area contributed by atoms with Gasteiger partial charge in [-0.2, -0.15) is 9.40 Å². The Kier molecular flexibility index (Phi) is 5.22. The number of carboxylic acid groups (broad SMARTS) is 1. The molecule has 0 saturated heterocycles. The summed E-state index contributed by atoms with van der Waals surface area (Å²) in [6.07, 6.45) is 1.35. The van der Waals surface area contributed by atoms with Gasteiger partial charge in [0.2, 0.25) is 0 Å². The Hall–Kier alpha value is -1.94. The number of nitrogens with zero attached hydrogens (tertiary/aromatic N) is 2. The largest absolute Gasteiger partial charge is 0.478 e. The zero-order valence-electron chi connectivity index (χ0n) is 11.0. The molecule has 9 nitrogen and oxygen atoms in total. The van der Waals surface area contributed by atoms with Gasteiger partial charge < -0.3 is 9.84 Å². The van der Waals surface area contributed by atoms with E-state index in [1.807, 2.05) is 0 Å². The molecule has 1 rings (SSSR count). The summed E-state index contributed by atoms with van der Waals surface area (Å²) >= 11 is 0. The standard InChI is InChI=1S/C10H15N3O6S/c1-3-4-13(6-8(14)19-2)20(17,18)9-7(10(15)16)5-11-12-9/h5H,3-4,6H2,1-2H3,(H,11,12)(H,15,16). The van der Waals surface area contributed by atoms with Gasteiger partial charge in [0.05, 0.1) is 13.3 Å². The van der Waals surface area contributed by atoms with Crippen molar-refractivity contribution in [3.63, 3.8) is 0 Å². The first-order chi connectivity index (χ1) is 9.34. The summed E-state index contributed by atoms with van der Waals surface area (Å²) in [6, 6.07) is 0. The Morgan fingerprint density at radius 1 is 1.50 bits per heavy atom. The molecule has 20 heavy (non-hydrogen) atoms. The number of aromatic nitrogens is 2. The first-order valence-electron chi connectivity index (χ1n) is 5.68. The van der Waals surface area contributed by atoms with E-state index in [-0.39, 0.29) is 6.54 Å². The van der Waals surface area contributed by atoms with Gasteiger partial charge in [-0.1, -0.05) is 6.92 Å². The van der Waals surface area contributed by atoms with Crippen molar-refractivity contribution in [2.45, 2.75) is 18.4 Å². The lowest BCUT2D eigenvalue weighted by molar-refractivity contribution is -0.140. The van der Waals surface area contributed by atoms with Gasteiger partial charge in [0.15, 0.2) is 5.03 Å². The number of hydrogen-bond donors (Lipinski definition) is 2. The molecule has 1 aromatic rings. The molecule has 0 aromatic carbocycles. The molecule has 0 atom stereocenters. The summed E-state index contributed by atoms with van der Waals surface area (Å²) in [5, 5.41) is 13.9. The van der Waals surface area contributed by atoms with Crippen LogP contribution in [0, 0.1) is 0 Å². The number of sulfonamides is 1. The Balaban J connectivity index is 3.19. The molecule has 1 aromatic heterocycles. The van der Waals surface area contributed by atoms with Crippen molar-refractivity contribution < 1.29 is 27.9 Å². The van der Waals surface area contributed by atoms with Crippen LogP contribution in [0.2, 0.25) is 0 Å². The highest BCUT2D eigenvalue weighted by molar-refractivity contribution is 7.89. The van der Waals surface area contributed by atoms with Gasteiger partial charge in [0.1, 0.15) is 12.1 Å². The first kappa shape index (κ1) is 16.1. The molecule has 0 radical (unpaired) electrons. The maximum atomic E-state index is 12.3. The third-order valence-corrected chi connectivity index (χ3v) is 4.26. The molecule has 2 N–H and O–H groups in total. The van der Waals surface area contributed by atoms with E-state index < -0.39 is 39.1 Å². The minimum Gasteiger partial charge on any atom is -0.478 e. The molecule has 0 aliphatic rings. The summed E-state index contributed by atoms with van der Waals surface area (Å²) in [7, 11) is -3.03. The number of aromatic amines is 1. The van der Waals surface area contributed by atoms with Gasteiger partial charge in [0, 0.05) is 6.54 Å². The third-order valence-electron chi connectivity index (χ3n) is 2.44. The van der Waals surface area contributed by atoms with E-state index in [1.54, 1.807) is 6.92 Å². The molecule has 0 fully saturated rings. The number of carbonyl (C=O) groups is 2. The Bertz CT molecular complexity index is 594. The SMILES string of the molecule is CCCN(CC(=O)OC)S(=O)(=O)c1[nH]ncc1C(=O)O. The maximum absolute atomic E-state index is 12.3. The number of nitrogens with one attached hydrogen (secondary N) is 1. The van der Waals surface area contributed by atoms with Crippen molar-refractivity contribution in [1.29, 1.82) is 0 Å². The zero-order chi connectivity index (χ0) is 15.3. The molecule has 0 amide bonds. The lowest BCUT2D eigenvalue weighted by atomic mass is 10.4. The van der Waals surface area contributed by atoms with Crippen molar-refractivity contribution in [2.75, 3.05) is 20.2 Å². The molecule has 10 heteroatoms. The van der Waals surface area contributed by atoms with Gasteiger partial charge in [-0.3, -0.25) is 9.89 Å². The smallest absolute Gasteiger partial charge is 0.340 e. The van der Waals surface area contributed by atoms with Crippen LogP contribution in [0.3, 0.4) is 0 Å². The van der Waals surface area contributed by atoms with E-state index in [0.29, 0.717) is 6.42 Å². The van der Waals surface area contributed by atoms with E-state index >= 15 is 0 Å². The van der Waals surface area contributed by atoms with Crippen LogP contribution in [0.4, 0.5) is 0 Å². The topological polar surface area (TPSA) is 130 Å². The summed E-state index contributed by atoms with van der Waals surface area (Å²) in [6.45, 7) is 1.28. The highest BCUT2D eigenvalue weighted by atomic mass is 32.2. The predicted octanol–water partition coefficient (Wildman–Crippen LogP) is -0.318. The van der Waals surface area contributed by atoms with Crippen molar-refractivity contribution in [3.05, 3.63) is 11.8 Å². The molecule has 1 heterocycles. The van der Waals surface area contributed by atoms with Crippen LogP contribution in [0.15, 0.2) is 11.2 Å². The number of carbonyl (C=O) groups excluding carboxylic acids is 1. The average molecular weight is 305 g/mol. The van der Waals surface area contributed by atoms with Crippen LogP contribution in [0.5, 0.6) is 0 Å². The predicted molar refractivity (Wildman–Crippen MR) is 66.6 cm³/mol. The van der Waals surface area contributed by atoms with Gasteiger partial charge >= 0.3 is 11.9 Å². The van der Waals surface area contributed by atoms with Crippen molar-refractivity contribution in [3.8, 4) is 0 Å². The fourth-order valence-electron chi connectivity index (χ4n) is 1.49. The van der Waals surface area contributed by atoms with E-state index in [1.165, 1.54) is 0 Å². The molecule has 0 saturated carbocycles. The van der Waals surface area contributed by atoms with Crippen LogP contribution in [-0.4, -0.2) is 60.2 Å². The van der Waals surface area contributed by atoms with E-state index in [4.69, 9.17) is 5.11 Å². The summed E-state index contributed by atoms with van der Waals surface area (Å²) < 4.78 is 30.0. The Morgan fingerprint density at radius 3 is 2.65 bits per heavy atom. The number of ether oxygens (including phenoxy) is 1. The number of hydrogen-bond acceptors (Lipinski definition) is 6. The van der Waals surface area contributed by atoms with E-state index in [0.717, 1.165) is 17.6 Å². The first-order valence-corrected chi connectivity index (χ1v) is 7.12. The lowest BCUT2D eigenvalue weighted by Gasteiger charge is -2.19. The number of esters is 1. The Morgan fingerprint density at radius 2 is 2.15 bits per heavy atom. The molecular weight excluding hydrogens is 290 g/mol. The van der Waals surface area contributed by atoms with Crippen LogP contribution >= 0.6 is 0 Å². The average Bonchev–Trinajstić information content (AvgIpc) is 2.88. The molecular formula is C10H15N3O6S. The van der Waals surface area contributed by atoms with Crippen molar-refractivity contribution in [1.82, 2.24) is 14.5 Å². The summed E-state index contributed by atoms with van der Waals surface area (Å²) in [5.41, 5.74) is -0.476. The second-order valence-electron chi connectivity index (χ2n) is 3.83. The highest BCUT2D eigenvalue weighted by Crippen LogP contribution is 2.18. The zero-order valence-corrected chi connectivity index (χ0v) is 11.8. The fourth-order valence-corrected chi connectivity index (χ4v) is 3.04. The second-order valence-corrected chi connectivity index (χ2v) is 5.71. The molecule has 0 aliphatic carbocycles. The number of rotatable bonds is 7. The van der Waals surface area contributed by atoms with Gasteiger partial charge in [-0.25, -0.2) is 13.2 Å². The van der Waals surface area contributed by atoms with E-state index in [2.05, 4.69) is 14.9 Å². The van der Waals surface area contributed by atoms with Crippen LogP contribution in [-0.2, 0) is 19.6 Å². The lowest BCUT2D eigenvalue weighted by Crippen LogP contribution is -2.37. The van der Waals surface area contributed by atoms with Crippen LogP contribution in [0.25, 0.3) is 0 Å². The van der Waals surface area contributed by atoms with Gasteiger partial charge in [0.25, 0.3) is 10.0 Å². The highest BCUT2D eigenvalue weighted by Gasteiger charge is 2.32. The quantitative estimate of drug-likeness (QED) is 0.660. The number of carboxylic acids is 1. The molecule has 0 aliphatic heterocycles. The molecule has 0 bridgehead atoms. The minimum atomic E-state index is -4.17. The minimum absolute atomic E-state index is 0.0511. The fraction of sp³-hybridized carbons (Fsp3) is 0.500. The van der Waals surface area contributed by atoms with E-state index in [9.17, 15) is 18.0 Å². The third kappa shape index (κ3) is 3.33. The van der Waals surface area contributed by atoms with Crippen molar-refractivity contribution >= 4 is 22.0 Å². The summed E-state index contributed by atoms with van der Waals surface area (Å²) in [5.74, 6) is -2.16. The summed E-state index contributed by atoms with van der Waals surface area (Å²) in [4.78, 5) is 22.2. The molecule has 112 valence electrons. The normalized spacial score (nSPS) is 11.6. The molecule has 0 unspecified atom stereocenters. The van der Waals surface area contributed by atoms with Gasteiger partial charge in [-0.15, -0.1) is 0 Å². The number of H-pyrrole nitrogens is 1. The number of methoxy groups -OCH3 is 1. The van der Waals surface area contributed by atoms with Crippen molar-refractivity contribution in [2.24, 2.45) is 0 Å². The Labute approximate surface area is 115 Å². The second kappa shape index (κ2) is 6.48. The van der Waals surface area contributed by atoms with Crippen LogP contribution in [0.1, 0.15) is 23.7 Å².